The van der Waals surface area contributed by atoms with Crippen LogP contribution in [0.4, 0.5) is 0 Å². The van der Waals surface area contributed by atoms with Crippen LogP contribution in [0.25, 0.3) is 18.0 Å². The lowest BCUT2D eigenvalue weighted by Crippen LogP contribution is -1.97. The van der Waals surface area contributed by atoms with Crippen molar-refractivity contribution >= 4 is 24.8 Å². The molecule has 2 aromatic carbocycles. The Hall–Kier alpha value is -3.11. The summed E-state index contributed by atoms with van der Waals surface area (Å²) in [5.74, 6) is 1.41. The molecule has 0 unspecified atom stereocenters. The van der Waals surface area contributed by atoms with Gasteiger partial charge in [-0.1, -0.05) is 108 Å². The molecule has 35 heavy (non-hydrogen) atoms. The molecule has 0 fully saturated rings. The summed E-state index contributed by atoms with van der Waals surface area (Å²) in [7, 11) is 0. The molecule has 0 saturated carbocycles. The second-order valence-electron chi connectivity index (χ2n) is 7.84. The van der Waals surface area contributed by atoms with Crippen LogP contribution in [-0.4, -0.2) is 14.8 Å². The molecule has 4 heteroatoms. The largest absolute Gasteiger partial charge is 0.236 e. The second-order valence-corrected chi connectivity index (χ2v) is 8.36. The molecule has 2 heterocycles. The molecule has 0 saturated heterocycles. The standard InChI is InChI=1S/C18H20.C9H9N3S.2C2H6/c1-14(2)18-12-10-17(11-13-18)9-8-16-6-4-15(3)5-7-16;1-7-4-5-12(11-7)9-3-2-8(13)6-10-9;2*1-2/h4-14H,1-3H3;2-6,13H,1H3;2*1-2H3/b9-8+;;;. The first-order valence-electron chi connectivity index (χ1n) is 12.4. The van der Waals surface area contributed by atoms with Crippen molar-refractivity contribution in [2.24, 2.45) is 0 Å². The van der Waals surface area contributed by atoms with Crippen LogP contribution in [0.1, 0.15) is 75.4 Å². The van der Waals surface area contributed by atoms with Crippen molar-refractivity contribution < 1.29 is 0 Å². The molecule has 0 aliphatic carbocycles. The van der Waals surface area contributed by atoms with Gasteiger partial charge in [-0.25, -0.2) is 9.67 Å². The monoisotopic (exact) mass is 487 g/mol. The minimum atomic E-state index is 0.597. The van der Waals surface area contributed by atoms with Gasteiger partial charge in [0, 0.05) is 17.3 Å². The van der Waals surface area contributed by atoms with Crippen LogP contribution in [-0.2, 0) is 0 Å². The molecule has 0 atom stereocenters. The van der Waals surface area contributed by atoms with Gasteiger partial charge in [-0.15, -0.1) is 12.6 Å². The summed E-state index contributed by atoms with van der Waals surface area (Å²) in [6.07, 6.45) is 7.91. The normalized spacial score (nSPS) is 10.0. The van der Waals surface area contributed by atoms with E-state index in [0.717, 1.165) is 16.4 Å². The predicted octanol–water partition coefficient (Wildman–Crippen LogP) is 9.21. The summed E-state index contributed by atoms with van der Waals surface area (Å²) in [5, 5.41) is 4.24. The van der Waals surface area contributed by atoms with Gasteiger partial charge in [0.15, 0.2) is 5.82 Å². The van der Waals surface area contributed by atoms with Gasteiger partial charge in [-0.05, 0) is 54.7 Å². The maximum atomic E-state index is 4.24. The summed E-state index contributed by atoms with van der Waals surface area (Å²) in [5.41, 5.74) is 6.17. The topological polar surface area (TPSA) is 30.7 Å². The van der Waals surface area contributed by atoms with Crippen molar-refractivity contribution in [2.45, 2.75) is 66.2 Å². The first-order valence-corrected chi connectivity index (χ1v) is 12.9. The van der Waals surface area contributed by atoms with Crippen LogP contribution in [0, 0.1) is 13.8 Å². The molecule has 0 amide bonds. The molecular weight excluding hydrogens is 446 g/mol. The van der Waals surface area contributed by atoms with Crippen LogP contribution >= 0.6 is 12.6 Å². The Labute approximate surface area is 218 Å². The van der Waals surface area contributed by atoms with Crippen molar-refractivity contribution in [1.82, 2.24) is 14.8 Å². The van der Waals surface area contributed by atoms with E-state index in [0.29, 0.717) is 5.92 Å². The molecule has 4 rings (SSSR count). The van der Waals surface area contributed by atoms with Crippen molar-refractivity contribution in [3.05, 3.63) is 107 Å². The maximum Gasteiger partial charge on any atom is 0.153 e. The van der Waals surface area contributed by atoms with Gasteiger partial charge in [0.05, 0.1) is 5.69 Å². The molecule has 0 N–H and O–H groups in total. The summed E-state index contributed by atoms with van der Waals surface area (Å²) < 4.78 is 1.74. The fourth-order valence-electron chi connectivity index (χ4n) is 2.92. The zero-order valence-electron chi connectivity index (χ0n) is 22.5. The van der Waals surface area contributed by atoms with Crippen LogP contribution < -0.4 is 0 Å². The van der Waals surface area contributed by atoms with Gasteiger partial charge in [-0.3, -0.25) is 0 Å². The summed E-state index contributed by atoms with van der Waals surface area (Å²) in [4.78, 5) is 5.04. The van der Waals surface area contributed by atoms with E-state index in [9.17, 15) is 0 Å². The highest BCUT2D eigenvalue weighted by Crippen LogP contribution is 2.16. The quantitative estimate of drug-likeness (QED) is 0.230. The van der Waals surface area contributed by atoms with E-state index >= 15 is 0 Å². The zero-order valence-corrected chi connectivity index (χ0v) is 23.4. The van der Waals surface area contributed by atoms with E-state index in [-0.39, 0.29) is 0 Å². The number of aryl methyl sites for hydroxylation is 2. The summed E-state index contributed by atoms with van der Waals surface area (Å²) in [6.45, 7) is 16.5. The highest BCUT2D eigenvalue weighted by molar-refractivity contribution is 7.80. The van der Waals surface area contributed by atoms with E-state index in [1.165, 1.54) is 22.3 Å². The predicted molar refractivity (Wildman–Crippen MR) is 157 cm³/mol. The lowest BCUT2D eigenvalue weighted by Gasteiger charge is -2.04. The Balaban J connectivity index is 0.000000318. The molecule has 186 valence electrons. The number of nitrogens with zero attached hydrogens (tertiary/aromatic N) is 3. The Kier molecular flexibility index (Phi) is 14.1. The third-order valence-corrected chi connectivity index (χ3v) is 5.10. The van der Waals surface area contributed by atoms with Crippen LogP contribution in [0.15, 0.2) is 84.0 Å². The molecule has 0 spiro atoms. The Bertz CT molecular complexity index is 1110. The smallest absolute Gasteiger partial charge is 0.153 e. The van der Waals surface area contributed by atoms with Gasteiger partial charge in [0.2, 0.25) is 0 Å². The molecule has 0 radical (unpaired) electrons. The SMILES string of the molecule is CC.CC.Cc1ccc(/C=C/c2ccc(C(C)C)cc2)cc1.Cc1ccn(-c2ccc(S)cn2)n1. The lowest BCUT2D eigenvalue weighted by molar-refractivity contribution is 0.829. The van der Waals surface area contributed by atoms with Crippen molar-refractivity contribution in [3.8, 4) is 5.82 Å². The highest BCUT2D eigenvalue weighted by Gasteiger charge is 1.98. The van der Waals surface area contributed by atoms with Crippen LogP contribution in [0.5, 0.6) is 0 Å². The van der Waals surface area contributed by atoms with E-state index in [4.69, 9.17) is 0 Å². The van der Waals surface area contributed by atoms with Crippen LogP contribution in [0.3, 0.4) is 0 Å². The number of hydrogen-bond donors (Lipinski definition) is 1. The van der Waals surface area contributed by atoms with Gasteiger partial charge < -0.3 is 0 Å². The Morgan fingerprint density at radius 2 is 1.29 bits per heavy atom. The maximum absolute atomic E-state index is 4.24. The van der Waals surface area contributed by atoms with Gasteiger partial charge in [0.1, 0.15) is 0 Å². The minimum absolute atomic E-state index is 0.597. The van der Waals surface area contributed by atoms with Gasteiger partial charge >= 0.3 is 0 Å². The number of benzene rings is 2. The first kappa shape index (κ1) is 29.9. The first-order chi connectivity index (χ1) is 16.9. The van der Waals surface area contributed by atoms with Crippen molar-refractivity contribution in [2.75, 3.05) is 0 Å². The lowest BCUT2D eigenvalue weighted by atomic mass is 10.0. The third-order valence-electron chi connectivity index (χ3n) is 4.84. The summed E-state index contributed by atoms with van der Waals surface area (Å²) in [6, 6.07) is 23.1. The van der Waals surface area contributed by atoms with Crippen LogP contribution in [0.2, 0.25) is 0 Å². The Morgan fingerprint density at radius 1 is 0.743 bits per heavy atom. The zero-order chi connectivity index (χ0) is 26.2. The number of aromatic nitrogens is 3. The molecule has 4 aromatic rings. The van der Waals surface area contributed by atoms with Gasteiger partial charge in [0.25, 0.3) is 0 Å². The molecule has 2 aromatic heterocycles. The van der Waals surface area contributed by atoms with Crippen molar-refractivity contribution in [3.63, 3.8) is 0 Å². The van der Waals surface area contributed by atoms with E-state index in [1.807, 2.05) is 59.0 Å². The van der Waals surface area contributed by atoms with Gasteiger partial charge in [-0.2, -0.15) is 5.10 Å². The van der Waals surface area contributed by atoms with E-state index in [1.54, 1.807) is 10.9 Å². The molecule has 0 aliphatic rings. The van der Waals surface area contributed by atoms with E-state index in [2.05, 4.69) is 104 Å². The average molecular weight is 488 g/mol. The van der Waals surface area contributed by atoms with Crippen molar-refractivity contribution in [1.29, 1.82) is 0 Å². The van der Waals surface area contributed by atoms with E-state index < -0.39 is 0 Å². The fourth-order valence-corrected chi connectivity index (χ4v) is 3.05. The fraction of sp³-hybridized carbons (Fsp3) is 0.290. The third kappa shape index (κ3) is 10.8. The number of thiol groups is 1. The minimum Gasteiger partial charge on any atom is -0.236 e. The molecule has 3 nitrogen and oxygen atoms in total. The number of rotatable bonds is 4. The molecule has 0 bridgehead atoms. The molecule has 0 aliphatic heterocycles. The average Bonchev–Trinajstić information content (AvgIpc) is 3.33. The Morgan fingerprint density at radius 3 is 1.71 bits per heavy atom. The summed E-state index contributed by atoms with van der Waals surface area (Å²) >= 11 is 4.16. The second kappa shape index (κ2) is 16.5. The highest BCUT2D eigenvalue weighted by atomic mass is 32.1. The molecular formula is C31H41N3S. The number of pyridine rings is 1. The number of hydrogen-bond acceptors (Lipinski definition) is 3.